The van der Waals surface area contributed by atoms with E-state index in [1.807, 2.05) is 50.2 Å². The molecule has 1 saturated carbocycles. The van der Waals surface area contributed by atoms with Crippen LogP contribution in [0.3, 0.4) is 0 Å². The van der Waals surface area contributed by atoms with E-state index in [1.54, 1.807) is 17.8 Å². The van der Waals surface area contributed by atoms with Gasteiger partial charge in [0, 0.05) is 34.8 Å². The second kappa shape index (κ2) is 9.67. The third-order valence-electron chi connectivity index (χ3n) is 8.76. The van der Waals surface area contributed by atoms with E-state index in [1.165, 1.54) is 5.56 Å². The van der Waals surface area contributed by atoms with E-state index in [2.05, 4.69) is 19.1 Å². The molecule has 0 amide bonds. The molecular weight excluding hydrogens is 492 g/mol. The Hall–Kier alpha value is -1.94. The number of ether oxygens (including phenoxy) is 3. The number of benzene rings is 2. The van der Waals surface area contributed by atoms with Crippen molar-refractivity contribution in [2.75, 3.05) is 0 Å². The van der Waals surface area contributed by atoms with Gasteiger partial charge in [-0.05, 0) is 49.4 Å². The maximum Gasteiger partial charge on any atom is 0.340 e. The van der Waals surface area contributed by atoms with Gasteiger partial charge in [0.25, 0.3) is 0 Å². The van der Waals surface area contributed by atoms with Crippen LogP contribution in [0.25, 0.3) is 0 Å². The molecule has 7 nitrogen and oxygen atoms in total. The summed E-state index contributed by atoms with van der Waals surface area (Å²) >= 11 is 1.67. The van der Waals surface area contributed by atoms with E-state index in [4.69, 9.17) is 24.0 Å². The summed E-state index contributed by atoms with van der Waals surface area (Å²) in [5.41, 5.74) is 0.850. The summed E-state index contributed by atoms with van der Waals surface area (Å²) in [6.45, 7) is 5.89. The summed E-state index contributed by atoms with van der Waals surface area (Å²) < 4.78 is 18.6. The van der Waals surface area contributed by atoms with E-state index in [9.17, 15) is 9.90 Å². The number of aliphatic hydroxyl groups is 1. The predicted octanol–water partition coefficient (Wildman–Crippen LogP) is 5.31. The first-order valence-corrected chi connectivity index (χ1v) is 14.1. The Labute approximate surface area is 221 Å². The molecule has 198 valence electrons. The standard InChI is InChI=1S/C29H34O7S/c1-17-22-12-13-28(3)34-27-29(22,36-35-28)23(15-24(17)30)18(2)26(33-27)32-25(31)20-10-7-11-21(14-20)37-16-19-8-5-4-6-9-19/h4-11,14,17-18,22-24,26-27,30H,12-13,15-16H2,1-3H3/t17-,18+,22-,23-,24+,26+,27+,28-,29+/m0/s1. The lowest BCUT2D eigenvalue weighted by atomic mass is 9.57. The van der Waals surface area contributed by atoms with Gasteiger partial charge in [-0.2, -0.15) is 0 Å². The fourth-order valence-corrected chi connectivity index (χ4v) is 7.50. The third-order valence-corrected chi connectivity index (χ3v) is 9.82. The minimum atomic E-state index is -0.943. The third kappa shape index (κ3) is 4.41. The highest BCUT2D eigenvalue weighted by molar-refractivity contribution is 7.98. The zero-order chi connectivity index (χ0) is 25.8. The van der Waals surface area contributed by atoms with Gasteiger partial charge < -0.3 is 19.3 Å². The minimum Gasteiger partial charge on any atom is -0.432 e. The molecule has 2 bridgehead atoms. The molecule has 0 aromatic heterocycles. The van der Waals surface area contributed by atoms with E-state index < -0.39 is 36.0 Å². The lowest BCUT2D eigenvalue weighted by Crippen LogP contribution is -2.72. The van der Waals surface area contributed by atoms with Gasteiger partial charge in [0.05, 0.1) is 11.7 Å². The summed E-state index contributed by atoms with van der Waals surface area (Å²) in [6, 6.07) is 17.7. The fourth-order valence-electron chi connectivity index (χ4n) is 6.59. The Morgan fingerprint density at radius 2 is 1.89 bits per heavy atom. The molecule has 1 N–H and O–H groups in total. The Morgan fingerprint density at radius 3 is 2.70 bits per heavy atom. The van der Waals surface area contributed by atoms with Gasteiger partial charge >= 0.3 is 5.97 Å². The molecular formula is C29H34O7S. The number of fused-ring (bicyclic) bond motifs is 2. The van der Waals surface area contributed by atoms with Crippen LogP contribution in [0.4, 0.5) is 0 Å². The molecule has 7 rings (SSSR count). The van der Waals surface area contributed by atoms with Crippen LogP contribution in [0.15, 0.2) is 59.5 Å². The lowest BCUT2D eigenvalue weighted by Gasteiger charge is -2.60. The number of carbonyl (C=O) groups is 1. The van der Waals surface area contributed by atoms with Gasteiger partial charge in [-0.1, -0.05) is 50.2 Å². The highest BCUT2D eigenvalue weighted by Gasteiger charge is 2.71. The van der Waals surface area contributed by atoms with Crippen molar-refractivity contribution in [3.05, 3.63) is 65.7 Å². The molecule has 4 saturated heterocycles. The van der Waals surface area contributed by atoms with Crippen LogP contribution in [-0.2, 0) is 29.7 Å². The molecule has 2 aromatic carbocycles. The van der Waals surface area contributed by atoms with Crippen molar-refractivity contribution in [1.82, 2.24) is 0 Å². The molecule has 5 fully saturated rings. The van der Waals surface area contributed by atoms with Crippen molar-refractivity contribution >= 4 is 17.7 Å². The van der Waals surface area contributed by atoms with Crippen LogP contribution in [0.2, 0.25) is 0 Å². The zero-order valence-electron chi connectivity index (χ0n) is 21.4. The topological polar surface area (TPSA) is 83.5 Å². The number of hydrogen-bond donors (Lipinski definition) is 1. The highest BCUT2D eigenvalue weighted by Crippen LogP contribution is 2.60. The SMILES string of the molecule is C[C@@H]1[C@H](O)C[C@H]2[C@@H](C)[C@H](OC(=O)c3cccc(SCc4ccccc4)c3)O[C@@H]3O[C@]4(C)CC[C@@H]1[C@]32OO4. The fraction of sp³-hybridized carbons (Fsp3) is 0.552. The molecule has 1 aliphatic carbocycles. The average Bonchev–Trinajstić information content (AvgIpc) is 3.13. The van der Waals surface area contributed by atoms with E-state index in [-0.39, 0.29) is 23.7 Å². The largest absolute Gasteiger partial charge is 0.432 e. The van der Waals surface area contributed by atoms with Crippen molar-refractivity contribution in [3.8, 4) is 0 Å². The first-order valence-electron chi connectivity index (χ1n) is 13.1. The number of hydrogen-bond acceptors (Lipinski definition) is 8. The van der Waals surface area contributed by atoms with Gasteiger partial charge in [0.2, 0.25) is 12.1 Å². The van der Waals surface area contributed by atoms with Gasteiger partial charge in [-0.3, -0.25) is 0 Å². The summed E-state index contributed by atoms with van der Waals surface area (Å²) in [5, 5.41) is 10.9. The monoisotopic (exact) mass is 526 g/mol. The molecule has 1 spiro atoms. The van der Waals surface area contributed by atoms with Crippen LogP contribution in [0.1, 0.15) is 56.0 Å². The zero-order valence-corrected chi connectivity index (χ0v) is 22.2. The molecule has 37 heavy (non-hydrogen) atoms. The number of esters is 1. The summed E-state index contributed by atoms with van der Waals surface area (Å²) in [5.74, 6) is -0.940. The van der Waals surface area contributed by atoms with E-state index in [0.717, 1.165) is 17.1 Å². The van der Waals surface area contributed by atoms with Crippen LogP contribution in [0, 0.1) is 23.7 Å². The van der Waals surface area contributed by atoms with Crippen LogP contribution >= 0.6 is 11.8 Å². The first-order chi connectivity index (χ1) is 17.8. The van der Waals surface area contributed by atoms with E-state index >= 15 is 0 Å². The number of aliphatic hydroxyl groups excluding tert-OH is 1. The quantitative estimate of drug-likeness (QED) is 0.319. The van der Waals surface area contributed by atoms with Gasteiger partial charge in [0.1, 0.15) is 0 Å². The summed E-state index contributed by atoms with van der Waals surface area (Å²) in [6.07, 6.45) is -0.126. The molecule has 0 unspecified atom stereocenters. The maximum atomic E-state index is 13.3. The van der Waals surface area contributed by atoms with Crippen molar-refractivity contribution in [1.29, 1.82) is 0 Å². The first kappa shape index (κ1) is 25.3. The normalized spacial score (nSPS) is 40.5. The molecule has 2 aromatic rings. The van der Waals surface area contributed by atoms with Gasteiger partial charge in [-0.15, -0.1) is 11.8 Å². The smallest absolute Gasteiger partial charge is 0.340 e. The summed E-state index contributed by atoms with van der Waals surface area (Å²) in [4.78, 5) is 26.2. The Balaban J connectivity index is 1.21. The molecule has 0 radical (unpaired) electrons. The van der Waals surface area contributed by atoms with Crippen molar-refractivity contribution < 1.29 is 33.9 Å². The van der Waals surface area contributed by atoms with Crippen LogP contribution < -0.4 is 0 Å². The lowest BCUT2D eigenvalue weighted by molar-refractivity contribution is -0.577. The molecule has 4 aliphatic heterocycles. The van der Waals surface area contributed by atoms with Crippen molar-refractivity contribution in [3.63, 3.8) is 0 Å². The number of rotatable bonds is 5. The Morgan fingerprint density at radius 1 is 1.08 bits per heavy atom. The number of carbonyl (C=O) groups excluding carboxylic acids is 1. The average molecular weight is 527 g/mol. The van der Waals surface area contributed by atoms with E-state index in [0.29, 0.717) is 18.4 Å². The van der Waals surface area contributed by atoms with Gasteiger partial charge in [0.15, 0.2) is 11.9 Å². The van der Waals surface area contributed by atoms with Crippen molar-refractivity contribution in [2.45, 2.75) is 80.8 Å². The molecule has 8 heteroatoms. The summed E-state index contributed by atoms with van der Waals surface area (Å²) in [7, 11) is 0. The Bertz CT molecular complexity index is 1140. The minimum absolute atomic E-state index is 0.00741. The van der Waals surface area contributed by atoms with Crippen LogP contribution in [0.5, 0.6) is 0 Å². The predicted molar refractivity (Wildman–Crippen MR) is 136 cm³/mol. The number of thioether (sulfide) groups is 1. The second-order valence-corrected chi connectivity index (χ2v) is 12.1. The van der Waals surface area contributed by atoms with Crippen molar-refractivity contribution in [2.24, 2.45) is 23.7 Å². The highest BCUT2D eigenvalue weighted by atomic mass is 32.2. The molecule has 9 atom stereocenters. The second-order valence-electron chi connectivity index (χ2n) is 11.1. The molecule has 4 heterocycles. The maximum absolute atomic E-state index is 13.3. The Kier molecular flexibility index (Phi) is 6.62. The van der Waals surface area contributed by atoms with Crippen LogP contribution in [-0.4, -0.2) is 41.1 Å². The molecule has 5 aliphatic rings. The van der Waals surface area contributed by atoms with Gasteiger partial charge in [-0.25, -0.2) is 14.6 Å².